The molecule has 5 aromatic rings. The van der Waals surface area contributed by atoms with Crippen molar-refractivity contribution < 1.29 is 32.6 Å². The fraction of sp³-hybridized carbons (Fsp3) is 0.206. The maximum absolute atomic E-state index is 15.7. The summed E-state index contributed by atoms with van der Waals surface area (Å²) in [6.07, 6.45) is 5.04. The van der Waals surface area contributed by atoms with Crippen LogP contribution in [-0.2, 0) is 6.61 Å². The molecule has 6 nitrogen and oxygen atoms in total. The Hall–Kier alpha value is -4.92. The Morgan fingerprint density at radius 3 is 2.40 bits per heavy atom. The van der Waals surface area contributed by atoms with E-state index in [0.29, 0.717) is 16.9 Å². The summed E-state index contributed by atoms with van der Waals surface area (Å²) in [6.45, 7) is -0.159. The summed E-state index contributed by atoms with van der Waals surface area (Å²) in [5.41, 5.74) is 2.02. The number of hydrogen-bond acceptors (Lipinski definition) is 4. The highest BCUT2D eigenvalue weighted by atomic mass is 19.1. The molecule has 4 aromatic carbocycles. The summed E-state index contributed by atoms with van der Waals surface area (Å²) in [5, 5.41) is 9.46. The molecular weight excluding hydrogens is 557 g/mol. The van der Waals surface area contributed by atoms with E-state index in [-0.39, 0.29) is 40.7 Å². The number of ketones is 1. The number of carbonyl (C=O) groups excluding carboxylic acids is 1. The largest absolute Gasteiger partial charge is 0.489 e. The van der Waals surface area contributed by atoms with Gasteiger partial charge in [0, 0.05) is 28.8 Å². The van der Waals surface area contributed by atoms with E-state index in [9.17, 15) is 23.5 Å². The number of ether oxygens (including phenoxy) is 1. The molecule has 0 spiro atoms. The second-order valence-corrected chi connectivity index (χ2v) is 10.7. The van der Waals surface area contributed by atoms with Crippen molar-refractivity contribution in [1.82, 2.24) is 9.55 Å². The minimum atomic E-state index is -1.06. The molecule has 6 rings (SSSR count). The standard InChI is InChI=1S/C34H27F3N2O4/c35-23-6-4-5-20(15-23)32(40)28-17-24(36)11-9-22(28)19-43-26-12-13-27(29(37)18-26)33-38-30-16-21(34(41)42)10-14-31(30)39(33)25-7-2-1-3-8-25/h4-6,9-18,25H,1-3,7-8,19H2,(H,41,42). The monoisotopic (exact) mass is 584 g/mol. The van der Waals surface area contributed by atoms with Gasteiger partial charge in [-0.25, -0.2) is 22.9 Å². The topological polar surface area (TPSA) is 81.4 Å². The lowest BCUT2D eigenvalue weighted by Crippen LogP contribution is -2.14. The summed E-state index contributed by atoms with van der Waals surface area (Å²) in [5.74, 6) is -2.83. The normalized spacial score (nSPS) is 13.7. The number of halogens is 3. The van der Waals surface area contributed by atoms with Crippen molar-refractivity contribution in [3.63, 3.8) is 0 Å². The molecule has 1 heterocycles. The number of hydrogen-bond donors (Lipinski definition) is 1. The number of carboxylic acids is 1. The molecule has 9 heteroatoms. The van der Waals surface area contributed by atoms with Crippen LogP contribution in [0.2, 0.25) is 0 Å². The van der Waals surface area contributed by atoms with E-state index in [1.807, 2.05) is 4.57 Å². The summed E-state index contributed by atoms with van der Waals surface area (Å²) in [6, 6.07) is 18.0. The van der Waals surface area contributed by atoms with Gasteiger partial charge < -0.3 is 14.4 Å². The maximum Gasteiger partial charge on any atom is 0.335 e. The van der Waals surface area contributed by atoms with Gasteiger partial charge in [-0.15, -0.1) is 0 Å². The highest BCUT2D eigenvalue weighted by Crippen LogP contribution is 2.37. The zero-order chi connectivity index (χ0) is 30.1. The summed E-state index contributed by atoms with van der Waals surface area (Å²) >= 11 is 0. The molecule has 1 fully saturated rings. The van der Waals surface area contributed by atoms with Crippen LogP contribution in [0.3, 0.4) is 0 Å². The molecule has 1 aromatic heterocycles. The molecule has 0 amide bonds. The zero-order valence-electron chi connectivity index (χ0n) is 23.0. The molecule has 43 heavy (non-hydrogen) atoms. The first-order valence-corrected chi connectivity index (χ1v) is 14.0. The summed E-state index contributed by atoms with van der Waals surface area (Å²) < 4.78 is 51.3. The van der Waals surface area contributed by atoms with Gasteiger partial charge in [-0.2, -0.15) is 0 Å². The van der Waals surface area contributed by atoms with Crippen LogP contribution in [0.4, 0.5) is 13.2 Å². The van der Waals surface area contributed by atoms with E-state index in [1.165, 1.54) is 48.5 Å². The average molecular weight is 585 g/mol. The predicted octanol–water partition coefficient (Wildman–Crippen LogP) is 8.13. The van der Waals surface area contributed by atoms with E-state index in [1.54, 1.807) is 18.2 Å². The number of aromatic nitrogens is 2. The van der Waals surface area contributed by atoms with Gasteiger partial charge in [0.05, 0.1) is 22.2 Å². The van der Waals surface area contributed by atoms with Crippen molar-refractivity contribution in [2.45, 2.75) is 44.8 Å². The third-order valence-electron chi connectivity index (χ3n) is 7.86. The number of fused-ring (bicyclic) bond motifs is 1. The van der Waals surface area contributed by atoms with Gasteiger partial charge in [0.1, 0.15) is 35.6 Å². The predicted molar refractivity (Wildman–Crippen MR) is 155 cm³/mol. The average Bonchev–Trinajstić information content (AvgIpc) is 3.39. The molecule has 0 saturated heterocycles. The minimum absolute atomic E-state index is 0.0182. The number of nitrogens with zero attached hydrogens (tertiary/aromatic N) is 2. The maximum atomic E-state index is 15.7. The first-order chi connectivity index (χ1) is 20.8. The summed E-state index contributed by atoms with van der Waals surface area (Å²) in [7, 11) is 0. The summed E-state index contributed by atoms with van der Waals surface area (Å²) in [4.78, 5) is 29.3. The fourth-order valence-corrected chi connectivity index (χ4v) is 5.73. The molecule has 1 saturated carbocycles. The van der Waals surface area contributed by atoms with Gasteiger partial charge in [-0.3, -0.25) is 4.79 Å². The van der Waals surface area contributed by atoms with E-state index in [4.69, 9.17) is 4.74 Å². The molecule has 0 aliphatic heterocycles. The SMILES string of the molecule is O=C(O)c1ccc2c(c1)nc(-c1ccc(OCc3ccc(F)cc3C(=O)c3cccc(F)c3)cc1F)n2C1CCCCC1. The second-order valence-electron chi connectivity index (χ2n) is 10.7. The highest BCUT2D eigenvalue weighted by Gasteiger charge is 2.25. The van der Waals surface area contributed by atoms with Crippen molar-refractivity contribution >= 4 is 22.8 Å². The number of benzene rings is 4. The van der Waals surface area contributed by atoms with Crippen LogP contribution in [0, 0.1) is 17.5 Å². The van der Waals surface area contributed by atoms with Gasteiger partial charge in [0.25, 0.3) is 0 Å². The Bertz CT molecular complexity index is 1860. The van der Waals surface area contributed by atoms with E-state index < -0.39 is 29.2 Å². The lowest BCUT2D eigenvalue weighted by molar-refractivity contribution is 0.0696. The van der Waals surface area contributed by atoms with Crippen LogP contribution in [-0.4, -0.2) is 26.4 Å². The van der Waals surface area contributed by atoms with Crippen molar-refractivity contribution in [3.05, 3.63) is 119 Å². The second kappa shape index (κ2) is 11.8. The van der Waals surface area contributed by atoms with Crippen molar-refractivity contribution in [1.29, 1.82) is 0 Å². The van der Waals surface area contributed by atoms with E-state index >= 15 is 4.39 Å². The number of imidazole rings is 1. The number of carbonyl (C=O) groups is 2. The molecule has 0 radical (unpaired) electrons. The lowest BCUT2D eigenvalue weighted by atomic mass is 9.94. The Morgan fingerprint density at radius 2 is 1.65 bits per heavy atom. The lowest BCUT2D eigenvalue weighted by Gasteiger charge is -2.25. The Morgan fingerprint density at radius 1 is 0.860 bits per heavy atom. The van der Waals surface area contributed by atoms with Gasteiger partial charge >= 0.3 is 5.97 Å². The van der Waals surface area contributed by atoms with Gasteiger partial charge in [0.15, 0.2) is 5.78 Å². The van der Waals surface area contributed by atoms with Crippen LogP contribution in [0.1, 0.15) is 70.0 Å². The molecule has 0 atom stereocenters. The van der Waals surface area contributed by atoms with Crippen molar-refractivity contribution in [2.75, 3.05) is 0 Å². The highest BCUT2D eigenvalue weighted by molar-refractivity contribution is 6.09. The Balaban J connectivity index is 1.30. The third-order valence-corrected chi connectivity index (χ3v) is 7.86. The number of aromatic carboxylic acids is 1. The van der Waals surface area contributed by atoms with Crippen LogP contribution in [0.5, 0.6) is 5.75 Å². The first-order valence-electron chi connectivity index (χ1n) is 14.0. The van der Waals surface area contributed by atoms with Gasteiger partial charge in [-0.05, 0) is 67.4 Å². The van der Waals surface area contributed by atoms with Gasteiger partial charge in [-0.1, -0.05) is 37.5 Å². The minimum Gasteiger partial charge on any atom is -0.489 e. The molecule has 0 bridgehead atoms. The van der Waals surface area contributed by atoms with E-state index in [0.717, 1.165) is 49.8 Å². The molecule has 1 aliphatic rings. The quantitative estimate of drug-likeness (QED) is 0.186. The third kappa shape index (κ3) is 5.75. The van der Waals surface area contributed by atoms with Crippen LogP contribution < -0.4 is 4.74 Å². The Kier molecular flexibility index (Phi) is 7.71. The van der Waals surface area contributed by atoms with Crippen LogP contribution in [0.25, 0.3) is 22.4 Å². The zero-order valence-corrected chi connectivity index (χ0v) is 23.0. The van der Waals surface area contributed by atoms with E-state index in [2.05, 4.69) is 4.98 Å². The first kappa shape index (κ1) is 28.2. The molecule has 1 N–H and O–H groups in total. The van der Waals surface area contributed by atoms with Crippen molar-refractivity contribution in [3.8, 4) is 17.1 Å². The fourth-order valence-electron chi connectivity index (χ4n) is 5.73. The van der Waals surface area contributed by atoms with Crippen LogP contribution in [0.15, 0.2) is 78.9 Å². The van der Waals surface area contributed by atoms with Gasteiger partial charge in [0.2, 0.25) is 0 Å². The van der Waals surface area contributed by atoms with Crippen molar-refractivity contribution in [2.24, 2.45) is 0 Å². The molecule has 0 unspecified atom stereocenters. The number of carboxylic acid groups (broad SMARTS) is 1. The smallest absolute Gasteiger partial charge is 0.335 e. The molecular formula is C34H27F3N2O4. The molecule has 218 valence electrons. The van der Waals surface area contributed by atoms with Crippen LogP contribution >= 0.6 is 0 Å². The Labute approximate surface area is 245 Å². The number of rotatable bonds is 8. The molecule has 1 aliphatic carbocycles.